The second kappa shape index (κ2) is 8.04. The number of nitrogens with one attached hydrogen (secondary N) is 1. The van der Waals surface area contributed by atoms with E-state index in [4.69, 9.17) is 0 Å². The molecule has 1 heterocycles. The van der Waals surface area contributed by atoms with Crippen molar-refractivity contribution in [2.75, 3.05) is 25.5 Å². The predicted octanol–water partition coefficient (Wildman–Crippen LogP) is 3.89. The molecule has 5 heteroatoms. The zero-order valence-electron chi connectivity index (χ0n) is 15.4. The van der Waals surface area contributed by atoms with E-state index >= 15 is 0 Å². The average Bonchev–Trinajstić information content (AvgIpc) is 3.18. The Bertz CT molecular complexity index is 797. The molecule has 0 atom stereocenters. The van der Waals surface area contributed by atoms with Crippen molar-refractivity contribution in [1.82, 2.24) is 9.80 Å². The summed E-state index contributed by atoms with van der Waals surface area (Å²) in [5, 5.41) is 2.88. The van der Waals surface area contributed by atoms with Crippen LogP contribution >= 0.6 is 0 Å². The Hall–Kier alpha value is -2.82. The van der Waals surface area contributed by atoms with Crippen LogP contribution in [0.4, 0.5) is 10.5 Å². The molecule has 2 aromatic carbocycles. The maximum atomic E-state index is 12.5. The van der Waals surface area contributed by atoms with E-state index in [1.165, 1.54) is 0 Å². The maximum absolute atomic E-state index is 12.5. The molecule has 0 saturated carbocycles. The summed E-state index contributed by atoms with van der Waals surface area (Å²) in [4.78, 5) is 28.5. The van der Waals surface area contributed by atoms with Crippen molar-refractivity contribution in [1.29, 1.82) is 0 Å². The van der Waals surface area contributed by atoms with Crippen molar-refractivity contribution >= 4 is 17.6 Å². The van der Waals surface area contributed by atoms with Gasteiger partial charge in [0.2, 0.25) is 0 Å². The number of anilines is 1. The number of likely N-dealkylation sites (tertiary alicyclic amines) is 1. The van der Waals surface area contributed by atoms with Crippen molar-refractivity contribution in [3.63, 3.8) is 0 Å². The number of urea groups is 1. The number of carbonyl (C=O) groups is 2. The molecule has 5 nitrogen and oxygen atoms in total. The van der Waals surface area contributed by atoms with Crippen LogP contribution in [0.3, 0.4) is 0 Å². The molecule has 0 unspecified atom stereocenters. The van der Waals surface area contributed by atoms with Crippen molar-refractivity contribution in [3.05, 3.63) is 65.2 Å². The molecule has 1 saturated heterocycles. The van der Waals surface area contributed by atoms with Gasteiger partial charge in [0.05, 0.1) is 0 Å². The van der Waals surface area contributed by atoms with Gasteiger partial charge in [-0.05, 0) is 49.1 Å². The predicted molar refractivity (Wildman–Crippen MR) is 103 cm³/mol. The Labute approximate surface area is 154 Å². The molecule has 1 aliphatic rings. The molecule has 0 spiro atoms. The zero-order chi connectivity index (χ0) is 18.5. The standard InChI is InChI=1S/C21H25N3O2/c1-16-8-3-4-9-18(16)15-23(2)21(26)22-19-11-7-10-17(14-19)20(25)24-12-5-6-13-24/h3-4,7-11,14H,5-6,12-13,15H2,1-2H3,(H,22,26). The summed E-state index contributed by atoms with van der Waals surface area (Å²) >= 11 is 0. The molecule has 2 aromatic rings. The van der Waals surface area contributed by atoms with Crippen LogP contribution in [-0.2, 0) is 6.54 Å². The molecule has 1 fully saturated rings. The first kappa shape index (κ1) is 18.0. The summed E-state index contributed by atoms with van der Waals surface area (Å²) in [5.74, 6) is 0.0341. The molecule has 0 aliphatic carbocycles. The number of hydrogen-bond donors (Lipinski definition) is 1. The number of rotatable bonds is 4. The normalized spacial score (nSPS) is 13.5. The molecule has 26 heavy (non-hydrogen) atoms. The van der Waals surface area contributed by atoms with E-state index in [9.17, 15) is 9.59 Å². The van der Waals surface area contributed by atoms with Crippen LogP contribution < -0.4 is 5.32 Å². The van der Waals surface area contributed by atoms with Crippen LogP contribution in [0.1, 0.15) is 34.3 Å². The molecule has 1 aliphatic heterocycles. The minimum Gasteiger partial charge on any atom is -0.339 e. The monoisotopic (exact) mass is 351 g/mol. The number of nitrogens with zero attached hydrogens (tertiary/aromatic N) is 2. The van der Waals surface area contributed by atoms with E-state index in [1.54, 1.807) is 36.2 Å². The highest BCUT2D eigenvalue weighted by molar-refractivity contribution is 5.97. The molecule has 136 valence electrons. The lowest BCUT2D eigenvalue weighted by Gasteiger charge is -2.20. The second-order valence-electron chi connectivity index (χ2n) is 6.79. The van der Waals surface area contributed by atoms with Gasteiger partial charge in [0.1, 0.15) is 0 Å². The SMILES string of the molecule is Cc1ccccc1CN(C)C(=O)Nc1cccc(C(=O)N2CCCC2)c1. The highest BCUT2D eigenvalue weighted by Gasteiger charge is 2.20. The van der Waals surface area contributed by atoms with Crippen LogP contribution in [0.15, 0.2) is 48.5 Å². The lowest BCUT2D eigenvalue weighted by Crippen LogP contribution is -2.31. The van der Waals surface area contributed by atoms with Gasteiger partial charge in [-0.25, -0.2) is 4.79 Å². The van der Waals surface area contributed by atoms with Crippen molar-refractivity contribution < 1.29 is 9.59 Å². The Balaban J connectivity index is 1.64. The first-order valence-corrected chi connectivity index (χ1v) is 9.00. The fraction of sp³-hybridized carbons (Fsp3) is 0.333. The van der Waals surface area contributed by atoms with Gasteiger partial charge in [-0.15, -0.1) is 0 Å². The van der Waals surface area contributed by atoms with E-state index in [1.807, 2.05) is 36.1 Å². The molecular formula is C21H25N3O2. The van der Waals surface area contributed by atoms with Crippen LogP contribution in [-0.4, -0.2) is 41.9 Å². The highest BCUT2D eigenvalue weighted by Crippen LogP contribution is 2.17. The molecule has 0 aromatic heterocycles. The van der Waals surface area contributed by atoms with Gasteiger partial charge >= 0.3 is 6.03 Å². The molecular weight excluding hydrogens is 326 g/mol. The van der Waals surface area contributed by atoms with E-state index < -0.39 is 0 Å². The fourth-order valence-electron chi connectivity index (χ4n) is 3.17. The Morgan fingerprint density at radius 1 is 1.08 bits per heavy atom. The van der Waals surface area contributed by atoms with Crippen molar-refractivity contribution in [3.8, 4) is 0 Å². The van der Waals surface area contributed by atoms with Crippen LogP contribution in [0.25, 0.3) is 0 Å². The van der Waals surface area contributed by atoms with E-state index in [0.29, 0.717) is 17.8 Å². The Morgan fingerprint density at radius 2 is 1.81 bits per heavy atom. The largest absolute Gasteiger partial charge is 0.339 e. The van der Waals surface area contributed by atoms with E-state index in [2.05, 4.69) is 5.32 Å². The second-order valence-corrected chi connectivity index (χ2v) is 6.79. The summed E-state index contributed by atoms with van der Waals surface area (Å²) in [6.07, 6.45) is 2.12. The van der Waals surface area contributed by atoms with Crippen molar-refractivity contribution in [2.24, 2.45) is 0 Å². The summed E-state index contributed by atoms with van der Waals surface area (Å²) < 4.78 is 0. The summed E-state index contributed by atoms with van der Waals surface area (Å²) in [7, 11) is 1.76. The minimum atomic E-state index is -0.195. The Kier molecular flexibility index (Phi) is 5.56. The van der Waals surface area contributed by atoms with Gasteiger partial charge in [0.15, 0.2) is 0 Å². The number of aryl methyl sites for hydroxylation is 1. The van der Waals surface area contributed by atoms with Crippen LogP contribution in [0, 0.1) is 6.92 Å². The first-order chi connectivity index (χ1) is 12.5. The number of hydrogen-bond acceptors (Lipinski definition) is 2. The fourth-order valence-corrected chi connectivity index (χ4v) is 3.17. The third kappa shape index (κ3) is 4.23. The third-order valence-corrected chi connectivity index (χ3v) is 4.77. The number of amides is 3. The summed E-state index contributed by atoms with van der Waals surface area (Å²) in [5.41, 5.74) is 3.52. The molecule has 3 rings (SSSR count). The minimum absolute atomic E-state index is 0.0341. The maximum Gasteiger partial charge on any atom is 0.321 e. The quantitative estimate of drug-likeness (QED) is 0.908. The van der Waals surface area contributed by atoms with Gasteiger partial charge in [0, 0.05) is 37.9 Å². The van der Waals surface area contributed by atoms with Gasteiger partial charge < -0.3 is 15.1 Å². The lowest BCUT2D eigenvalue weighted by molar-refractivity contribution is 0.0793. The van der Waals surface area contributed by atoms with Gasteiger partial charge in [-0.1, -0.05) is 30.3 Å². The van der Waals surface area contributed by atoms with Crippen LogP contribution in [0.2, 0.25) is 0 Å². The number of benzene rings is 2. The third-order valence-electron chi connectivity index (χ3n) is 4.77. The van der Waals surface area contributed by atoms with E-state index in [-0.39, 0.29) is 11.9 Å². The lowest BCUT2D eigenvalue weighted by atomic mass is 10.1. The zero-order valence-corrected chi connectivity index (χ0v) is 15.4. The Morgan fingerprint density at radius 3 is 2.54 bits per heavy atom. The van der Waals surface area contributed by atoms with Gasteiger partial charge in [-0.3, -0.25) is 4.79 Å². The highest BCUT2D eigenvalue weighted by atomic mass is 16.2. The molecule has 0 radical (unpaired) electrons. The van der Waals surface area contributed by atoms with E-state index in [0.717, 1.165) is 37.1 Å². The van der Waals surface area contributed by atoms with Crippen molar-refractivity contribution in [2.45, 2.75) is 26.3 Å². The average molecular weight is 351 g/mol. The first-order valence-electron chi connectivity index (χ1n) is 9.00. The molecule has 0 bridgehead atoms. The summed E-state index contributed by atoms with van der Waals surface area (Å²) in [6, 6.07) is 15.0. The number of carbonyl (C=O) groups excluding carboxylic acids is 2. The van der Waals surface area contributed by atoms with Crippen LogP contribution in [0.5, 0.6) is 0 Å². The summed E-state index contributed by atoms with van der Waals surface area (Å²) in [6.45, 7) is 4.20. The topological polar surface area (TPSA) is 52.7 Å². The molecule has 1 N–H and O–H groups in total. The molecule has 3 amide bonds. The van der Waals surface area contributed by atoms with Gasteiger partial charge in [-0.2, -0.15) is 0 Å². The smallest absolute Gasteiger partial charge is 0.321 e. The van der Waals surface area contributed by atoms with Gasteiger partial charge in [0.25, 0.3) is 5.91 Å².